The van der Waals surface area contributed by atoms with E-state index in [0.717, 1.165) is 24.8 Å². The van der Waals surface area contributed by atoms with Gasteiger partial charge in [0.1, 0.15) is 15.8 Å². The van der Waals surface area contributed by atoms with Gasteiger partial charge in [-0.2, -0.15) is 0 Å². The van der Waals surface area contributed by atoms with Gasteiger partial charge in [-0.3, -0.25) is 18.9 Å². The standard InChI is InChI=1S/C25H26N4O2S2/c1-3-4-14-28-24(31)20(33-25(28)32)15-19-22(26-13-12-18-8-6-5-7-9-18)27-21-11-10-17(2)16-29(21)23(19)30/h5-11,15-16,26H,3-4,12-14H2,1-2H3. The Morgan fingerprint density at radius 2 is 1.94 bits per heavy atom. The van der Waals surface area contributed by atoms with Gasteiger partial charge in [0.2, 0.25) is 0 Å². The van der Waals surface area contributed by atoms with Crippen LogP contribution in [-0.2, 0) is 11.2 Å². The van der Waals surface area contributed by atoms with E-state index in [9.17, 15) is 9.59 Å². The van der Waals surface area contributed by atoms with Crippen LogP contribution in [0.2, 0.25) is 0 Å². The van der Waals surface area contributed by atoms with Crippen molar-refractivity contribution in [1.29, 1.82) is 0 Å². The van der Waals surface area contributed by atoms with Gasteiger partial charge >= 0.3 is 0 Å². The average molecular weight is 479 g/mol. The Morgan fingerprint density at radius 3 is 2.70 bits per heavy atom. The minimum absolute atomic E-state index is 0.151. The van der Waals surface area contributed by atoms with Crippen molar-refractivity contribution in [2.75, 3.05) is 18.4 Å². The third-order valence-corrected chi connectivity index (χ3v) is 6.82. The van der Waals surface area contributed by atoms with Crippen molar-refractivity contribution < 1.29 is 4.79 Å². The molecule has 0 atom stereocenters. The lowest BCUT2D eigenvalue weighted by molar-refractivity contribution is -0.122. The lowest BCUT2D eigenvalue weighted by Gasteiger charge is -2.13. The highest BCUT2D eigenvalue weighted by molar-refractivity contribution is 8.26. The Kier molecular flexibility index (Phi) is 7.25. The second-order valence-corrected chi connectivity index (χ2v) is 9.64. The molecule has 170 valence electrons. The number of fused-ring (bicyclic) bond motifs is 1. The van der Waals surface area contributed by atoms with Crippen LogP contribution in [0.4, 0.5) is 5.82 Å². The minimum Gasteiger partial charge on any atom is -0.369 e. The third kappa shape index (κ3) is 5.17. The summed E-state index contributed by atoms with van der Waals surface area (Å²) < 4.78 is 2.06. The summed E-state index contributed by atoms with van der Waals surface area (Å²) in [5.41, 5.74) is 2.84. The molecule has 0 spiro atoms. The molecule has 33 heavy (non-hydrogen) atoms. The molecule has 0 unspecified atom stereocenters. The number of carbonyl (C=O) groups is 1. The first-order valence-corrected chi connectivity index (χ1v) is 12.3. The molecule has 0 bridgehead atoms. The number of thiocarbonyl (C=S) groups is 1. The van der Waals surface area contributed by atoms with E-state index in [0.29, 0.717) is 39.3 Å². The van der Waals surface area contributed by atoms with Gasteiger partial charge in [0.15, 0.2) is 0 Å². The molecule has 8 heteroatoms. The zero-order valence-electron chi connectivity index (χ0n) is 18.7. The van der Waals surface area contributed by atoms with E-state index in [1.807, 2.05) is 37.3 Å². The molecule has 1 fully saturated rings. The molecule has 1 amide bonds. The Hall–Kier alpha value is -2.97. The number of pyridine rings is 1. The molecule has 6 nitrogen and oxygen atoms in total. The van der Waals surface area contributed by atoms with Gasteiger partial charge in [0, 0.05) is 19.3 Å². The van der Waals surface area contributed by atoms with Gasteiger partial charge in [0.25, 0.3) is 11.5 Å². The molecular weight excluding hydrogens is 452 g/mol. The molecule has 1 aliphatic heterocycles. The summed E-state index contributed by atoms with van der Waals surface area (Å²) in [5, 5.41) is 3.32. The number of aromatic nitrogens is 2. The second kappa shape index (κ2) is 10.3. The first-order chi connectivity index (χ1) is 16.0. The van der Waals surface area contributed by atoms with Crippen molar-refractivity contribution in [1.82, 2.24) is 14.3 Å². The third-order valence-electron chi connectivity index (χ3n) is 5.44. The maximum absolute atomic E-state index is 13.4. The number of benzene rings is 1. The Morgan fingerprint density at radius 1 is 1.15 bits per heavy atom. The molecule has 3 aromatic rings. The summed E-state index contributed by atoms with van der Waals surface area (Å²) >= 11 is 6.66. The van der Waals surface area contributed by atoms with Gasteiger partial charge < -0.3 is 5.32 Å². The van der Waals surface area contributed by atoms with Crippen LogP contribution >= 0.6 is 24.0 Å². The number of carbonyl (C=O) groups excluding carboxylic acids is 1. The zero-order chi connectivity index (χ0) is 23.4. The van der Waals surface area contributed by atoms with Crippen molar-refractivity contribution in [2.24, 2.45) is 0 Å². The number of nitrogens with zero attached hydrogens (tertiary/aromatic N) is 3. The van der Waals surface area contributed by atoms with E-state index >= 15 is 0 Å². The Balaban J connectivity index is 1.70. The summed E-state index contributed by atoms with van der Waals surface area (Å²) in [4.78, 5) is 33.2. The smallest absolute Gasteiger partial charge is 0.267 e. The second-order valence-electron chi connectivity index (χ2n) is 7.96. The summed E-state index contributed by atoms with van der Waals surface area (Å²) in [5.74, 6) is 0.320. The summed E-state index contributed by atoms with van der Waals surface area (Å²) in [6.45, 7) is 5.20. The van der Waals surface area contributed by atoms with Gasteiger partial charge in [-0.05, 0) is 43.0 Å². The van der Waals surface area contributed by atoms with Crippen molar-refractivity contribution in [2.45, 2.75) is 33.1 Å². The predicted octanol–water partition coefficient (Wildman–Crippen LogP) is 4.66. The lowest BCUT2D eigenvalue weighted by Crippen LogP contribution is -2.29. The van der Waals surface area contributed by atoms with Crippen LogP contribution in [0.15, 0.2) is 58.4 Å². The quantitative estimate of drug-likeness (QED) is 0.375. The Bertz CT molecular complexity index is 1280. The van der Waals surface area contributed by atoms with Crippen molar-refractivity contribution in [3.8, 4) is 0 Å². The monoisotopic (exact) mass is 478 g/mol. The van der Waals surface area contributed by atoms with Gasteiger partial charge in [-0.25, -0.2) is 4.98 Å². The summed E-state index contributed by atoms with van der Waals surface area (Å²) in [6.07, 6.45) is 6.04. The molecule has 4 rings (SSSR count). The number of unbranched alkanes of at least 4 members (excludes halogenated alkanes) is 1. The number of hydrogen-bond donors (Lipinski definition) is 1. The minimum atomic E-state index is -0.218. The highest BCUT2D eigenvalue weighted by atomic mass is 32.2. The predicted molar refractivity (Wildman–Crippen MR) is 140 cm³/mol. The van der Waals surface area contributed by atoms with Crippen LogP contribution in [0.3, 0.4) is 0 Å². The topological polar surface area (TPSA) is 66.7 Å². The first-order valence-electron chi connectivity index (χ1n) is 11.0. The lowest BCUT2D eigenvalue weighted by atomic mass is 10.1. The normalized spacial score (nSPS) is 15.1. The van der Waals surface area contributed by atoms with Crippen LogP contribution in [0.1, 0.15) is 36.5 Å². The summed E-state index contributed by atoms with van der Waals surface area (Å²) in [6, 6.07) is 13.9. The number of rotatable bonds is 8. The molecule has 1 aromatic carbocycles. The van der Waals surface area contributed by atoms with Crippen molar-refractivity contribution in [3.05, 3.63) is 80.6 Å². The fourth-order valence-electron chi connectivity index (χ4n) is 3.63. The van der Waals surface area contributed by atoms with Gasteiger partial charge in [0.05, 0.1) is 10.5 Å². The van der Waals surface area contributed by atoms with Gasteiger partial charge in [-0.1, -0.05) is 73.7 Å². The van der Waals surface area contributed by atoms with E-state index in [1.165, 1.54) is 21.7 Å². The maximum Gasteiger partial charge on any atom is 0.267 e. The largest absolute Gasteiger partial charge is 0.369 e. The fourth-order valence-corrected chi connectivity index (χ4v) is 4.92. The molecule has 0 aliphatic carbocycles. The number of anilines is 1. The van der Waals surface area contributed by atoms with E-state index in [-0.39, 0.29) is 11.5 Å². The van der Waals surface area contributed by atoms with Crippen LogP contribution in [0, 0.1) is 6.92 Å². The molecule has 1 N–H and O–H groups in total. The molecular formula is C25H26N4O2S2. The molecule has 0 radical (unpaired) electrons. The first kappa shape index (κ1) is 23.2. The van der Waals surface area contributed by atoms with Gasteiger partial charge in [-0.15, -0.1) is 0 Å². The van der Waals surface area contributed by atoms with E-state index < -0.39 is 0 Å². The van der Waals surface area contributed by atoms with Crippen LogP contribution < -0.4 is 10.9 Å². The maximum atomic E-state index is 13.4. The number of nitrogens with one attached hydrogen (secondary N) is 1. The number of thioether (sulfide) groups is 1. The molecule has 3 heterocycles. The Labute approximate surface area is 202 Å². The number of hydrogen-bond acceptors (Lipinski definition) is 6. The van der Waals surface area contributed by atoms with Crippen molar-refractivity contribution in [3.63, 3.8) is 0 Å². The fraction of sp³-hybridized carbons (Fsp3) is 0.280. The SMILES string of the molecule is CCCCN1C(=O)C(=Cc2c(NCCc3ccccc3)nc3ccc(C)cn3c2=O)SC1=S. The van der Waals surface area contributed by atoms with E-state index in [1.54, 1.807) is 17.2 Å². The van der Waals surface area contributed by atoms with Crippen LogP contribution in [0.25, 0.3) is 11.7 Å². The highest BCUT2D eigenvalue weighted by Crippen LogP contribution is 2.33. The molecule has 1 aliphatic rings. The molecule has 0 saturated carbocycles. The highest BCUT2D eigenvalue weighted by Gasteiger charge is 2.32. The molecule has 1 saturated heterocycles. The van der Waals surface area contributed by atoms with E-state index in [2.05, 4.69) is 24.4 Å². The van der Waals surface area contributed by atoms with Crippen LogP contribution in [-0.4, -0.2) is 37.6 Å². The van der Waals surface area contributed by atoms with E-state index in [4.69, 9.17) is 17.2 Å². The average Bonchev–Trinajstić information content (AvgIpc) is 3.08. The number of amides is 1. The summed E-state index contributed by atoms with van der Waals surface area (Å²) in [7, 11) is 0. The van der Waals surface area contributed by atoms with Crippen molar-refractivity contribution >= 4 is 51.7 Å². The zero-order valence-corrected chi connectivity index (χ0v) is 20.3. The van der Waals surface area contributed by atoms with Crippen LogP contribution in [0.5, 0.6) is 0 Å². The number of aryl methyl sites for hydroxylation is 1. The molecule has 2 aromatic heterocycles.